The van der Waals surface area contributed by atoms with E-state index in [2.05, 4.69) is 4.99 Å². The number of rotatable bonds is 4. The van der Waals surface area contributed by atoms with Crippen LogP contribution in [0.5, 0.6) is 5.75 Å². The van der Waals surface area contributed by atoms with Crippen LogP contribution in [0.4, 0.5) is 5.69 Å². The molecule has 1 aromatic heterocycles. The normalized spacial score (nSPS) is 15.9. The number of aliphatic imine (C=N–C) groups is 1. The molecule has 0 unspecified atom stereocenters. The Morgan fingerprint density at radius 1 is 1.32 bits per heavy atom. The van der Waals surface area contributed by atoms with Gasteiger partial charge in [-0.25, -0.2) is 4.99 Å². The summed E-state index contributed by atoms with van der Waals surface area (Å²) in [5.41, 5.74) is 2.24. The van der Waals surface area contributed by atoms with Crippen LogP contribution in [-0.2, 0) is 11.2 Å². The van der Waals surface area contributed by atoms with Gasteiger partial charge in [0.1, 0.15) is 11.3 Å². The van der Waals surface area contributed by atoms with Crippen LogP contribution in [-0.4, -0.2) is 35.4 Å². The first-order valence-electron chi connectivity index (χ1n) is 8.96. The number of furan rings is 1. The smallest absolute Gasteiger partial charge is 0.233 e. The quantitative estimate of drug-likeness (QED) is 0.582. The number of thioether (sulfide) groups is 1. The summed E-state index contributed by atoms with van der Waals surface area (Å²) in [6.07, 6.45) is 2.83. The van der Waals surface area contributed by atoms with Crippen LogP contribution in [0.3, 0.4) is 0 Å². The maximum atomic E-state index is 13.1. The molecule has 1 amide bonds. The van der Waals surface area contributed by atoms with Crippen molar-refractivity contribution in [1.29, 1.82) is 0 Å². The molecule has 7 heteroatoms. The van der Waals surface area contributed by atoms with Crippen LogP contribution in [0.1, 0.15) is 12.0 Å². The molecule has 3 aromatic rings. The molecule has 5 nitrogen and oxygen atoms in total. The van der Waals surface area contributed by atoms with Gasteiger partial charge in [0.2, 0.25) is 5.91 Å². The summed E-state index contributed by atoms with van der Waals surface area (Å²) in [4.78, 5) is 19.4. The predicted octanol–water partition coefficient (Wildman–Crippen LogP) is 5.29. The topological polar surface area (TPSA) is 55.0 Å². The summed E-state index contributed by atoms with van der Waals surface area (Å²) in [5.74, 6) is 1.65. The van der Waals surface area contributed by atoms with E-state index in [0.29, 0.717) is 28.0 Å². The summed E-state index contributed by atoms with van der Waals surface area (Å²) < 4.78 is 10.8. The van der Waals surface area contributed by atoms with Crippen LogP contribution in [0.15, 0.2) is 58.1 Å². The van der Waals surface area contributed by atoms with Gasteiger partial charge in [0.25, 0.3) is 0 Å². The zero-order chi connectivity index (χ0) is 19.5. The first-order valence-corrected chi connectivity index (χ1v) is 10.3. The van der Waals surface area contributed by atoms with E-state index >= 15 is 0 Å². The fraction of sp³-hybridized carbons (Fsp3) is 0.238. The molecule has 0 radical (unpaired) electrons. The van der Waals surface area contributed by atoms with Crippen LogP contribution in [0, 0.1) is 0 Å². The number of ether oxygens (including phenoxy) is 1. The number of para-hydroxylation sites is 1. The van der Waals surface area contributed by atoms with Crippen molar-refractivity contribution in [3.8, 4) is 5.75 Å². The molecule has 2 aromatic carbocycles. The summed E-state index contributed by atoms with van der Waals surface area (Å²) in [6, 6.07) is 13.0. The van der Waals surface area contributed by atoms with Gasteiger partial charge in [0.05, 0.1) is 30.5 Å². The Labute approximate surface area is 172 Å². The van der Waals surface area contributed by atoms with Gasteiger partial charge in [-0.15, -0.1) is 0 Å². The zero-order valence-corrected chi connectivity index (χ0v) is 16.9. The van der Waals surface area contributed by atoms with Crippen molar-refractivity contribution in [2.75, 3.05) is 19.4 Å². The highest BCUT2D eigenvalue weighted by Crippen LogP contribution is 2.30. The van der Waals surface area contributed by atoms with Crippen molar-refractivity contribution in [3.63, 3.8) is 0 Å². The number of fused-ring (bicyclic) bond motifs is 1. The van der Waals surface area contributed by atoms with Crippen LogP contribution < -0.4 is 4.74 Å². The molecule has 1 saturated heterocycles. The third-order valence-electron chi connectivity index (χ3n) is 4.56. The van der Waals surface area contributed by atoms with Crippen molar-refractivity contribution in [2.24, 2.45) is 4.99 Å². The first-order chi connectivity index (χ1) is 13.7. The highest BCUT2D eigenvalue weighted by molar-refractivity contribution is 8.13. The molecule has 2 heterocycles. The molecule has 28 heavy (non-hydrogen) atoms. The second-order valence-electron chi connectivity index (χ2n) is 6.39. The van der Waals surface area contributed by atoms with E-state index in [1.807, 2.05) is 36.4 Å². The number of hydrogen-bond acceptors (Lipinski definition) is 5. The number of amidine groups is 1. The first kappa shape index (κ1) is 18.9. The molecular formula is C21H19ClN2O3S. The SMILES string of the molecule is COc1ccc2c(CC(=O)N3CCCSC3=Nc3ccccc3Cl)coc2c1. The Kier molecular flexibility index (Phi) is 5.59. The second kappa shape index (κ2) is 8.29. The maximum Gasteiger partial charge on any atom is 0.233 e. The lowest BCUT2D eigenvalue weighted by molar-refractivity contribution is -0.126. The average molecular weight is 415 g/mol. The number of nitrogens with zero attached hydrogens (tertiary/aromatic N) is 2. The van der Waals surface area contributed by atoms with Gasteiger partial charge < -0.3 is 9.15 Å². The van der Waals surface area contributed by atoms with Crippen molar-refractivity contribution in [3.05, 3.63) is 59.3 Å². The van der Waals surface area contributed by atoms with Crippen LogP contribution in [0.2, 0.25) is 5.02 Å². The molecule has 1 aliphatic heterocycles. The number of methoxy groups -OCH3 is 1. The van der Waals surface area contributed by atoms with Crippen molar-refractivity contribution in [1.82, 2.24) is 4.90 Å². The van der Waals surface area contributed by atoms with Gasteiger partial charge in [-0.2, -0.15) is 0 Å². The summed E-state index contributed by atoms with van der Waals surface area (Å²) >= 11 is 7.81. The number of hydrogen-bond donors (Lipinski definition) is 0. The third kappa shape index (κ3) is 3.88. The van der Waals surface area contributed by atoms with Gasteiger partial charge >= 0.3 is 0 Å². The van der Waals surface area contributed by atoms with Crippen LogP contribution in [0.25, 0.3) is 11.0 Å². The zero-order valence-electron chi connectivity index (χ0n) is 15.4. The summed E-state index contributed by atoms with van der Waals surface area (Å²) in [6.45, 7) is 0.652. The van der Waals surface area contributed by atoms with Crippen LogP contribution >= 0.6 is 23.4 Å². The van der Waals surface area contributed by atoms with Crippen molar-refractivity contribution < 1.29 is 13.9 Å². The molecule has 0 atom stereocenters. The highest BCUT2D eigenvalue weighted by Gasteiger charge is 2.25. The van der Waals surface area contributed by atoms with E-state index in [9.17, 15) is 4.79 Å². The third-order valence-corrected chi connectivity index (χ3v) is 5.94. The van der Waals surface area contributed by atoms with E-state index in [4.69, 9.17) is 20.8 Å². The van der Waals surface area contributed by atoms with E-state index in [1.165, 1.54) is 0 Å². The minimum Gasteiger partial charge on any atom is -0.497 e. The van der Waals surface area contributed by atoms with Gasteiger partial charge in [-0.05, 0) is 30.7 Å². The molecule has 0 spiro atoms. The Morgan fingerprint density at radius 3 is 3.00 bits per heavy atom. The van der Waals surface area contributed by atoms with Crippen molar-refractivity contribution in [2.45, 2.75) is 12.8 Å². The number of benzene rings is 2. The molecule has 144 valence electrons. The Hall–Kier alpha value is -2.44. The minimum atomic E-state index is -0.00322. The van der Waals surface area contributed by atoms with E-state index in [0.717, 1.165) is 28.9 Å². The maximum absolute atomic E-state index is 13.1. The molecule has 0 saturated carbocycles. The van der Waals surface area contributed by atoms with Gasteiger partial charge in [0.15, 0.2) is 5.17 Å². The summed E-state index contributed by atoms with van der Waals surface area (Å²) in [5, 5.41) is 2.19. The average Bonchev–Trinajstić information content (AvgIpc) is 3.12. The molecule has 1 fully saturated rings. The lowest BCUT2D eigenvalue weighted by atomic mass is 10.1. The fourth-order valence-electron chi connectivity index (χ4n) is 3.11. The monoisotopic (exact) mass is 414 g/mol. The van der Waals surface area contributed by atoms with Gasteiger partial charge in [-0.3, -0.25) is 9.69 Å². The molecule has 0 bridgehead atoms. The van der Waals surface area contributed by atoms with Gasteiger partial charge in [-0.1, -0.05) is 35.5 Å². The standard InChI is InChI=1S/C21H19ClN2O3S/c1-26-15-7-8-16-14(13-27-19(16)12-15)11-20(25)24-9-4-10-28-21(24)23-18-6-3-2-5-17(18)22/h2-3,5-8,12-13H,4,9-11H2,1H3. The van der Waals surface area contributed by atoms with E-state index in [1.54, 1.807) is 36.1 Å². The largest absolute Gasteiger partial charge is 0.497 e. The molecule has 1 aliphatic rings. The fourth-order valence-corrected chi connectivity index (χ4v) is 4.26. The predicted molar refractivity (Wildman–Crippen MR) is 114 cm³/mol. The second-order valence-corrected chi connectivity index (χ2v) is 7.86. The molecular weight excluding hydrogens is 396 g/mol. The summed E-state index contributed by atoms with van der Waals surface area (Å²) in [7, 11) is 1.61. The molecule has 0 N–H and O–H groups in total. The lowest BCUT2D eigenvalue weighted by Gasteiger charge is -2.27. The minimum absolute atomic E-state index is 0.00322. The van der Waals surface area contributed by atoms with Gasteiger partial charge in [0, 0.05) is 29.3 Å². The Balaban J connectivity index is 1.58. The Morgan fingerprint density at radius 2 is 2.18 bits per heavy atom. The lowest BCUT2D eigenvalue weighted by Crippen LogP contribution is -2.40. The molecule has 0 aliphatic carbocycles. The van der Waals surface area contributed by atoms with Crippen molar-refractivity contribution >= 4 is 51.1 Å². The van der Waals surface area contributed by atoms with E-state index in [-0.39, 0.29) is 12.3 Å². The van der Waals surface area contributed by atoms with E-state index < -0.39 is 0 Å². The number of halogens is 1. The Bertz CT molecular complexity index is 1050. The number of amides is 1. The number of carbonyl (C=O) groups is 1. The highest BCUT2D eigenvalue weighted by atomic mass is 35.5. The molecule has 4 rings (SSSR count). The number of carbonyl (C=O) groups excluding carboxylic acids is 1.